The first-order valence-electron chi connectivity index (χ1n) is 3.04. The van der Waals surface area contributed by atoms with Crippen LogP contribution >= 0.6 is 23.4 Å². The normalized spacial score (nSPS) is 9.55. The van der Waals surface area contributed by atoms with Crippen molar-refractivity contribution in [1.82, 2.24) is 9.97 Å². The maximum Gasteiger partial charge on any atom is 0.222 e. The summed E-state index contributed by atoms with van der Waals surface area (Å²) in [5.41, 5.74) is 0. The summed E-state index contributed by atoms with van der Waals surface area (Å²) >= 11 is 7.12. The second kappa shape index (κ2) is 4.36. The first kappa shape index (κ1) is 8.56. The molecule has 0 fully saturated rings. The summed E-state index contributed by atoms with van der Waals surface area (Å²) in [4.78, 5) is 8.67. The minimum absolute atomic E-state index is 0.285. The Hall–Kier alpha value is -0.540. The quantitative estimate of drug-likeness (QED) is 0.412. The summed E-state index contributed by atoms with van der Waals surface area (Å²) in [5, 5.41) is 0.285. The topological polar surface area (TPSA) is 25.8 Å². The maximum absolute atomic E-state index is 5.49. The van der Waals surface area contributed by atoms with E-state index in [0.717, 1.165) is 10.6 Å². The van der Waals surface area contributed by atoms with Gasteiger partial charge in [0.1, 0.15) is 0 Å². The highest BCUT2D eigenvalue weighted by atomic mass is 35.5. The highest BCUT2D eigenvalue weighted by Gasteiger charge is 1.92. The van der Waals surface area contributed by atoms with Gasteiger partial charge in [-0.2, -0.15) is 0 Å². The van der Waals surface area contributed by atoms with Crippen molar-refractivity contribution >= 4 is 23.4 Å². The molecule has 0 aliphatic carbocycles. The Morgan fingerprint density at radius 2 is 2.18 bits per heavy atom. The van der Waals surface area contributed by atoms with E-state index in [1.54, 1.807) is 24.2 Å². The van der Waals surface area contributed by atoms with Crippen LogP contribution in [0.5, 0.6) is 0 Å². The second-order valence-corrected chi connectivity index (χ2v) is 3.22. The number of thioether (sulfide) groups is 1. The van der Waals surface area contributed by atoms with Gasteiger partial charge in [-0.1, -0.05) is 6.08 Å². The minimum atomic E-state index is 0.285. The first-order chi connectivity index (χ1) is 5.33. The van der Waals surface area contributed by atoms with Crippen LogP contribution in [0, 0.1) is 0 Å². The van der Waals surface area contributed by atoms with E-state index < -0.39 is 0 Å². The fourth-order valence-corrected chi connectivity index (χ4v) is 1.19. The Kier molecular flexibility index (Phi) is 3.39. The zero-order valence-electron chi connectivity index (χ0n) is 5.83. The van der Waals surface area contributed by atoms with Crippen molar-refractivity contribution in [2.45, 2.75) is 4.90 Å². The van der Waals surface area contributed by atoms with Crippen LogP contribution in [0.4, 0.5) is 0 Å². The van der Waals surface area contributed by atoms with Crippen molar-refractivity contribution in [1.29, 1.82) is 0 Å². The number of rotatable bonds is 3. The molecule has 1 rings (SSSR count). The molecule has 0 unspecified atom stereocenters. The van der Waals surface area contributed by atoms with Crippen LogP contribution in [0.3, 0.4) is 0 Å². The second-order valence-electron chi connectivity index (χ2n) is 1.79. The van der Waals surface area contributed by atoms with Gasteiger partial charge >= 0.3 is 0 Å². The lowest BCUT2D eigenvalue weighted by molar-refractivity contribution is 1.10. The van der Waals surface area contributed by atoms with E-state index in [0.29, 0.717) is 0 Å². The third-order valence-electron chi connectivity index (χ3n) is 0.964. The lowest BCUT2D eigenvalue weighted by Crippen LogP contribution is -1.81. The fourth-order valence-electron chi connectivity index (χ4n) is 0.530. The fraction of sp³-hybridized carbons (Fsp3) is 0.143. The smallest absolute Gasteiger partial charge is 0.222 e. The number of hydrogen-bond donors (Lipinski definition) is 0. The molecule has 0 bridgehead atoms. The predicted molar refractivity (Wildman–Crippen MR) is 48.0 cm³/mol. The lowest BCUT2D eigenvalue weighted by atomic mass is 10.7. The van der Waals surface area contributed by atoms with Crippen molar-refractivity contribution in [2.75, 3.05) is 5.75 Å². The molecular weight excluding hydrogens is 180 g/mol. The molecule has 2 nitrogen and oxygen atoms in total. The molecule has 0 spiro atoms. The summed E-state index contributed by atoms with van der Waals surface area (Å²) < 4.78 is 0. The van der Waals surface area contributed by atoms with Crippen molar-refractivity contribution in [3.8, 4) is 0 Å². The number of hydrogen-bond acceptors (Lipinski definition) is 3. The summed E-state index contributed by atoms with van der Waals surface area (Å²) in [7, 11) is 0. The summed E-state index contributed by atoms with van der Waals surface area (Å²) in [6.07, 6.45) is 5.23. The SMILES string of the molecule is C=CCSc1cnc(Cl)nc1. The highest BCUT2D eigenvalue weighted by Crippen LogP contribution is 2.15. The molecule has 0 amide bonds. The molecule has 0 aliphatic rings. The highest BCUT2D eigenvalue weighted by molar-refractivity contribution is 7.99. The van der Waals surface area contributed by atoms with Crippen LogP contribution in [0.2, 0.25) is 5.28 Å². The number of nitrogens with zero attached hydrogens (tertiary/aromatic N) is 2. The van der Waals surface area contributed by atoms with Crippen LogP contribution < -0.4 is 0 Å². The monoisotopic (exact) mass is 186 g/mol. The minimum Gasteiger partial charge on any atom is -0.225 e. The van der Waals surface area contributed by atoms with Crippen molar-refractivity contribution in [3.63, 3.8) is 0 Å². The zero-order chi connectivity index (χ0) is 8.10. The molecule has 1 aromatic heterocycles. The summed E-state index contributed by atoms with van der Waals surface area (Å²) in [6.45, 7) is 3.61. The van der Waals surface area contributed by atoms with E-state index in [9.17, 15) is 0 Å². The molecule has 0 atom stereocenters. The standard InChI is InChI=1S/C7H7ClN2S/c1-2-3-11-6-4-9-7(8)10-5-6/h2,4-5H,1,3H2. The van der Waals surface area contributed by atoms with Crippen molar-refractivity contribution in [2.24, 2.45) is 0 Å². The number of halogens is 1. The zero-order valence-corrected chi connectivity index (χ0v) is 7.40. The van der Waals surface area contributed by atoms with Gasteiger partial charge in [0.25, 0.3) is 0 Å². The Balaban J connectivity index is 2.58. The van der Waals surface area contributed by atoms with Crippen molar-refractivity contribution < 1.29 is 0 Å². The molecule has 0 aromatic carbocycles. The molecular formula is C7H7ClN2S. The third-order valence-corrected chi connectivity index (χ3v) is 2.11. The average Bonchev–Trinajstić information content (AvgIpc) is 2.04. The van der Waals surface area contributed by atoms with Gasteiger partial charge in [0.2, 0.25) is 5.28 Å². The molecule has 11 heavy (non-hydrogen) atoms. The van der Waals surface area contributed by atoms with Gasteiger partial charge < -0.3 is 0 Å². The molecule has 4 heteroatoms. The molecule has 0 aliphatic heterocycles. The van der Waals surface area contributed by atoms with Crippen LogP contribution in [-0.4, -0.2) is 15.7 Å². The van der Waals surface area contributed by atoms with Crippen LogP contribution in [-0.2, 0) is 0 Å². The molecule has 0 saturated carbocycles. The molecule has 0 N–H and O–H groups in total. The molecule has 1 heterocycles. The van der Waals surface area contributed by atoms with Gasteiger partial charge in [-0.05, 0) is 11.6 Å². The van der Waals surface area contributed by atoms with E-state index in [-0.39, 0.29) is 5.28 Å². The Morgan fingerprint density at radius 3 is 2.73 bits per heavy atom. The Labute approximate surface area is 74.7 Å². The summed E-state index contributed by atoms with van der Waals surface area (Å²) in [5.74, 6) is 0.866. The summed E-state index contributed by atoms with van der Waals surface area (Å²) in [6, 6.07) is 0. The van der Waals surface area contributed by atoms with Gasteiger partial charge in [0, 0.05) is 23.0 Å². The van der Waals surface area contributed by atoms with E-state index in [1.165, 1.54) is 0 Å². The Bertz CT molecular complexity index is 235. The van der Waals surface area contributed by atoms with E-state index in [4.69, 9.17) is 11.6 Å². The maximum atomic E-state index is 5.49. The molecule has 58 valence electrons. The van der Waals surface area contributed by atoms with E-state index in [1.807, 2.05) is 6.08 Å². The van der Waals surface area contributed by atoms with Crippen LogP contribution in [0.15, 0.2) is 29.9 Å². The van der Waals surface area contributed by atoms with Crippen molar-refractivity contribution in [3.05, 3.63) is 30.3 Å². The van der Waals surface area contributed by atoms with E-state index in [2.05, 4.69) is 16.5 Å². The van der Waals surface area contributed by atoms with Gasteiger partial charge in [0.05, 0.1) is 0 Å². The number of aromatic nitrogens is 2. The largest absolute Gasteiger partial charge is 0.225 e. The van der Waals surface area contributed by atoms with Crippen LogP contribution in [0.1, 0.15) is 0 Å². The lowest BCUT2D eigenvalue weighted by Gasteiger charge is -1.94. The molecule has 1 aromatic rings. The molecule has 0 radical (unpaired) electrons. The third kappa shape index (κ3) is 2.91. The van der Waals surface area contributed by atoms with Crippen LogP contribution in [0.25, 0.3) is 0 Å². The van der Waals surface area contributed by atoms with Gasteiger partial charge in [0.15, 0.2) is 0 Å². The average molecular weight is 187 g/mol. The van der Waals surface area contributed by atoms with Gasteiger partial charge in [-0.25, -0.2) is 9.97 Å². The van der Waals surface area contributed by atoms with E-state index >= 15 is 0 Å². The van der Waals surface area contributed by atoms with Gasteiger partial charge in [-0.3, -0.25) is 0 Å². The first-order valence-corrected chi connectivity index (χ1v) is 4.40. The Morgan fingerprint density at radius 1 is 1.55 bits per heavy atom. The van der Waals surface area contributed by atoms with Gasteiger partial charge in [-0.15, -0.1) is 18.3 Å². The molecule has 0 saturated heterocycles. The predicted octanol–water partition coefficient (Wildman–Crippen LogP) is 2.41.